The molecule has 4 fully saturated rings. The normalized spacial score (nSPS) is 36.6. The smallest absolute Gasteiger partial charge is 0.182 e. The molecule has 0 saturated heterocycles. The number of Topliss-reactive ketones (excluding diaryl/α,β-unsaturated/α-hetero) is 2. The van der Waals surface area contributed by atoms with Gasteiger partial charge in [0.1, 0.15) is 0 Å². The summed E-state index contributed by atoms with van der Waals surface area (Å²) in [5.41, 5.74) is 13.2. The second-order valence-electron chi connectivity index (χ2n) is 10.6. The lowest BCUT2D eigenvalue weighted by molar-refractivity contribution is 0.0821. The van der Waals surface area contributed by atoms with Gasteiger partial charge in [0.05, 0.1) is 11.1 Å². The van der Waals surface area contributed by atoms with Crippen molar-refractivity contribution in [3.63, 3.8) is 0 Å². The van der Waals surface area contributed by atoms with Gasteiger partial charge in [-0.3, -0.25) is 9.59 Å². The SMILES string of the molecule is NC1(C(=O)c2ccccc2)CC2CCC1C2.NC1(C(=O)c2ccccc2)CC2CCC1C2. The maximum absolute atomic E-state index is 12.4. The second-order valence-corrected chi connectivity index (χ2v) is 10.6. The molecule has 4 heteroatoms. The van der Waals surface area contributed by atoms with Gasteiger partial charge in [0.25, 0.3) is 0 Å². The van der Waals surface area contributed by atoms with Crippen LogP contribution < -0.4 is 11.5 Å². The minimum absolute atomic E-state index is 0.153. The third kappa shape index (κ3) is 3.64. The molecule has 6 rings (SSSR count). The van der Waals surface area contributed by atoms with Crippen LogP contribution >= 0.6 is 0 Å². The zero-order chi connectivity index (χ0) is 22.3. The van der Waals surface area contributed by atoms with E-state index in [1.165, 1.54) is 12.8 Å². The van der Waals surface area contributed by atoms with E-state index in [-0.39, 0.29) is 11.6 Å². The first-order valence-corrected chi connectivity index (χ1v) is 12.2. The van der Waals surface area contributed by atoms with E-state index in [2.05, 4.69) is 0 Å². The van der Waals surface area contributed by atoms with E-state index in [0.29, 0.717) is 23.7 Å². The molecule has 0 amide bonds. The Balaban J connectivity index is 0.000000135. The first-order chi connectivity index (χ1) is 15.4. The molecule has 2 aromatic carbocycles. The number of nitrogens with two attached hydrogens (primary N) is 2. The molecule has 0 spiro atoms. The molecule has 0 aromatic heterocycles. The third-order valence-corrected chi connectivity index (χ3v) is 8.71. The Kier molecular flexibility index (Phi) is 5.55. The Morgan fingerprint density at radius 3 is 1.28 bits per heavy atom. The van der Waals surface area contributed by atoms with Crippen molar-refractivity contribution in [1.82, 2.24) is 0 Å². The summed E-state index contributed by atoms with van der Waals surface area (Å²) < 4.78 is 0. The topological polar surface area (TPSA) is 86.2 Å². The van der Waals surface area contributed by atoms with E-state index in [0.717, 1.165) is 49.7 Å². The Morgan fingerprint density at radius 2 is 1.00 bits per heavy atom. The Hall–Kier alpha value is -2.30. The second kappa shape index (κ2) is 8.24. The Bertz CT molecular complexity index is 910. The van der Waals surface area contributed by atoms with E-state index in [4.69, 9.17) is 11.5 Å². The molecule has 32 heavy (non-hydrogen) atoms. The van der Waals surface area contributed by atoms with Crippen LogP contribution in [0.4, 0.5) is 0 Å². The van der Waals surface area contributed by atoms with Crippen molar-refractivity contribution in [2.24, 2.45) is 35.1 Å². The molecule has 2 aromatic rings. The van der Waals surface area contributed by atoms with Crippen molar-refractivity contribution in [3.05, 3.63) is 71.8 Å². The van der Waals surface area contributed by atoms with E-state index < -0.39 is 11.1 Å². The molecular weight excluding hydrogens is 396 g/mol. The summed E-state index contributed by atoms with van der Waals surface area (Å²) in [6, 6.07) is 19.0. The Labute approximate surface area is 190 Å². The van der Waals surface area contributed by atoms with Crippen LogP contribution in [0.25, 0.3) is 0 Å². The molecule has 0 heterocycles. The van der Waals surface area contributed by atoms with Gasteiger partial charge in [-0.2, -0.15) is 0 Å². The maximum atomic E-state index is 12.4. The summed E-state index contributed by atoms with van der Waals surface area (Å²) in [7, 11) is 0. The van der Waals surface area contributed by atoms with Gasteiger partial charge in [-0.25, -0.2) is 0 Å². The van der Waals surface area contributed by atoms with Crippen molar-refractivity contribution in [2.45, 2.75) is 62.4 Å². The first-order valence-electron chi connectivity index (χ1n) is 12.2. The molecule has 0 aliphatic heterocycles. The van der Waals surface area contributed by atoms with Gasteiger partial charge in [0.2, 0.25) is 0 Å². The fourth-order valence-corrected chi connectivity index (χ4v) is 7.02. The van der Waals surface area contributed by atoms with Crippen molar-refractivity contribution in [2.75, 3.05) is 0 Å². The minimum Gasteiger partial charge on any atom is -0.318 e. The van der Waals surface area contributed by atoms with E-state index in [1.807, 2.05) is 60.7 Å². The number of hydrogen-bond acceptors (Lipinski definition) is 4. The number of benzene rings is 2. The summed E-state index contributed by atoms with van der Waals surface area (Å²) in [5, 5.41) is 0. The molecule has 4 aliphatic carbocycles. The van der Waals surface area contributed by atoms with Crippen LogP contribution in [0, 0.1) is 23.7 Å². The zero-order valence-electron chi connectivity index (χ0n) is 18.7. The average Bonchev–Trinajstić information content (AvgIpc) is 3.61. The molecule has 6 unspecified atom stereocenters. The number of fused-ring (bicyclic) bond motifs is 4. The molecule has 4 nitrogen and oxygen atoms in total. The predicted octanol–water partition coefficient (Wildman–Crippen LogP) is 4.77. The summed E-state index contributed by atoms with van der Waals surface area (Å²) in [6.45, 7) is 0. The highest BCUT2D eigenvalue weighted by molar-refractivity contribution is 6.04. The predicted molar refractivity (Wildman–Crippen MR) is 126 cm³/mol. The molecule has 4 bridgehead atoms. The lowest BCUT2D eigenvalue weighted by atomic mass is 9.76. The molecule has 4 aliphatic rings. The van der Waals surface area contributed by atoms with Gasteiger partial charge in [0, 0.05) is 11.1 Å². The summed E-state index contributed by atoms with van der Waals surface area (Å²) >= 11 is 0. The van der Waals surface area contributed by atoms with Gasteiger partial charge < -0.3 is 11.5 Å². The van der Waals surface area contributed by atoms with Crippen LogP contribution in [0.2, 0.25) is 0 Å². The number of carbonyl (C=O) groups excluding carboxylic acids is 2. The van der Waals surface area contributed by atoms with Crippen LogP contribution in [-0.2, 0) is 0 Å². The number of carbonyl (C=O) groups is 2. The van der Waals surface area contributed by atoms with Gasteiger partial charge in [-0.15, -0.1) is 0 Å². The van der Waals surface area contributed by atoms with Crippen LogP contribution in [0.3, 0.4) is 0 Å². The van der Waals surface area contributed by atoms with E-state index >= 15 is 0 Å². The van der Waals surface area contributed by atoms with E-state index in [9.17, 15) is 9.59 Å². The van der Waals surface area contributed by atoms with E-state index in [1.54, 1.807) is 0 Å². The fourth-order valence-electron chi connectivity index (χ4n) is 7.02. The molecule has 4 N–H and O–H groups in total. The number of hydrogen-bond donors (Lipinski definition) is 2. The van der Waals surface area contributed by atoms with Crippen molar-refractivity contribution >= 4 is 11.6 Å². The van der Waals surface area contributed by atoms with Gasteiger partial charge in [-0.05, 0) is 62.2 Å². The highest BCUT2D eigenvalue weighted by Gasteiger charge is 2.53. The van der Waals surface area contributed by atoms with Crippen LogP contribution in [0.15, 0.2) is 60.7 Å². The first kappa shape index (κ1) is 21.5. The average molecular weight is 431 g/mol. The van der Waals surface area contributed by atoms with Gasteiger partial charge in [-0.1, -0.05) is 73.5 Å². The monoisotopic (exact) mass is 430 g/mol. The molecule has 4 saturated carbocycles. The molecule has 168 valence electrons. The van der Waals surface area contributed by atoms with Crippen molar-refractivity contribution < 1.29 is 9.59 Å². The number of ketones is 2. The minimum atomic E-state index is -0.565. The van der Waals surface area contributed by atoms with Crippen LogP contribution in [0.1, 0.15) is 72.1 Å². The van der Waals surface area contributed by atoms with Gasteiger partial charge >= 0.3 is 0 Å². The molecule has 6 atom stereocenters. The number of rotatable bonds is 4. The van der Waals surface area contributed by atoms with Crippen LogP contribution in [-0.4, -0.2) is 22.6 Å². The van der Waals surface area contributed by atoms with Crippen LogP contribution in [0.5, 0.6) is 0 Å². The third-order valence-electron chi connectivity index (χ3n) is 8.71. The highest BCUT2D eigenvalue weighted by atomic mass is 16.1. The largest absolute Gasteiger partial charge is 0.318 e. The Morgan fingerprint density at radius 1 is 0.625 bits per heavy atom. The van der Waals surface area contributed by atoms with Gasteiger partial charge in [0.15, 0.2) is 11.6 Å². The quantitative estimate of drug-likeness (QED) is 0.684. The lowest BCUT2D eigenvalue weighted by Crippen LogP contribution is -2.52. The summed E-state index contributed by atoms with van der Waals surface area (Å²) in [6.07, 6.45) is 8.93. The van der Waals surface area contributed by atoms with Crippen molar-refractivity contribution in [1.29, 1.82) is 0 Å². The zero-order valence-corrected chi connectivity index (χ0v) is 18.7. The highest BCUT2D eigenvalue weighted by Crippen LogP contribution is 2.51. The standard InChI is InChI=1S/2C14H17NO/c2*15-14(9-10-6-7-12(14)8-10)13(16)11-4-2-1-3-5-11/h2*1-5,10,12H,6-9,15H2. The van der Waals surface area contributed by atoms with Crippen molar-refractivity contribution in [3.8, 4) is 0 Å². The lowest BCUT2D eigenvalue weighted by Gasteiger charge is -2.32. The molecule has 0 radical (unpaired) electrons. The maximum Gasteiger partial charge on any atom is 0.182 e. The molecular formula is C28H34N2O2. The summed E-state index contributed by atoms with van der Waals surface area (Å²) in [5.74, 6) is 2.54. The summed E-state index contributed by atoms with van der Waals surface area (Å²) in [4.78, 5) is 24.9. The fraction of sp³-hybridized carbons (Fsp3) is 0.500.